The zero-order chi connectivity index (χ0) is 16.8. The van der Waals surface area contributed by atoms with Crippen LogP contribution in [0, 0.1) is 0 Å². The summed E-state index contributed by atoms with van der Waals surface area (Å²) in [6.45, 7) is 1.18. The number of thiocarbonyl (C=S) groups is 1. The van der Waals surface area contributed by atoms with Gasteiger partial charge in [0.25, 0.3) is 0 Å². The van der Waals surface area contributed by atoms with E-state index in [0.717, 1.165) is 22.6 Å². The van der Waals surface area contributed by atoms with Crippen molar-refractivity contribution in [1.82, 2.24) is 10.6 Å². The molecule has 126 valence electrons. The molecule has 0 aliphatic heterocycles. The SMILES string of the molecule is COc1cc(CNC(=S)NC2CC2)ccc1OCc1ccccc1. The number of rotatable bonds is 7. The van der Waals surface area contributed by atoms with E-state index in [-0.39, 0.29) is 0 Å². The van der Waals surface area contributed by atoms with E-state index in [9.17, 15) is 0 Å². The molecule has 1 fully saturated rings. The second-order valence-electron chi connectivity index (χ2n) is 5.86. The molecule has 0 aromatic heterocycles. The van der Waals surface area contributed by atoms with Crippen molar-refractivity contribution < 1.29 is 9.47 Å². The lowest BCUT2D eigenvalue weighted by molar-refractivity contribution is 0.284. The van der Waals surface area contributed by atoms with Crippen molar-refractivity contribution in [2.24, 2.45) is 0 Å². The number of methoxy groups -OCH3 is 1. The molecule has 24 heavy (non-hydrogen) atoms. The average molecular weight is 342 g/mol. The number of nitrogens with one attached hydrogen (secondary N) is 2. The quantitative estimate of drug-likeness (QED) is 0.755. The van der Waals surface area contributed by atoms with E-state index < -0.39 is 0 Å². The minimum absolute atomic E-state index is 0.518. The monoisotopic (exact) mass is 342 g/mol. The van der Waals surface area contributed by atoms with Gasteiger partial charge in [0.1, 0.15) is 6.61 Å². The zero-order valence-electron chi connectivity index (χ0n) is 13.7. The third-order valence-corrected chi connectivity index (χ3v) is 4.09. The molecule has 0 bridgehead atoms. The van der Waals surface area contributed by atoms with Crippen LogP contribution in [-0.2, 0) is 13.2 Å². The fourth-order valence-electron chi connectivity index (χ4n) is 2.32. The number of hydrogen-bond acceptors (Lipinski definition) is 3. The van der Waals surface area contributed by atoms with Gasteiger partial charge in [-0.1, -0.05) is 36.4 Å². The maximum Gasteiger partial charge on any atom is 0.166 e. The number of benzene rings is 2. The zero-order valence-corrected chi connectivity index (χ0v) is 14.6. The first-order chi connectivity index (χ1) is 11.7. The summed E-state index contributed by atoms with van der Waals surface area (Å²) in [5.41, 5.74) is 2.22. The summed E-state index contributed by atoms with van der Waals surface area (Å²) in [6.07, 6.45) is 2.42. The minimum Gasteiger partial charge on any atom is -0.493 e. The summed E-state index contributed by atoms with van der Waals surface area (Å²) in [6, 6.07) is 16.6. The highest BCUT2D eigenvalue weighted by atomic mass is 32.1. The number of hydrogen-bond donors (Lipinski definition) is 2. The summed E-state index contributed by atoms with van der Waals surface area (Å²) in [5, 5.41) is 7.20. The topological polar surface area (TPSA) is 42.5 Å². The Bertz CT molecular complexity index is 687. The summed E-state index contributed by atoms with van der Waals surface area (Å²) in [5.74, 6) is 1.47. The molecular weight excluding hydrogens is 320 g/mol. The second-order valence-corrected chi connectivity index (χ2v) is 6.27. The molecule has 0 amide bonds. The average Bonchev–Trinajstić information content (AvgIpc) is 3.43. The van der Waals surface area contributed by atoms with Gasteiger partial charge in [-0.2, -0.15) is 0 Å². The fourth-order valence-corrected chi connectivity index (χ4v) is 2.56. The van der Waals surface area contributed by atoms with Crippen LogP contribution in [0.2, 0.25) is 0 Å². The molecule has 1 saturated carbocycles. The van der Waals surface area contributed by atoms with Gasteiger partial charge in [-0.25, -0.2) is 0 Å². The van der Waals surface area contributed by atoms with Crippen molar-refractivity contribution in [3.8, 4) is 11.5 Å². The first kappa shape index (κ1) is 16.6. The van der Waals surface area contributed by atoms with E-state index in [4.69, 9.17) is 21.7 Å². The molecule has 1 aliphatic carbocycles. The van der Waals surface area contributed by atoms with Crippen LogP contribution >= 0.6 is 12.2 Å². The maximum absolute atomic E-state index is 5.87. The standard InChI is InChI=1S/C19H22N2O2S/c1-22-18-11-15(12-20-19(24)21-16-8-9-16)7-10-17(18)23-13-14-5-3-2-4-6-14/h2-7,10-11,16H,8-9,12-13H2,1H3,(H2,20,21,24). The fraction of sp³-hybridized carbons (Fsp3) is 0.316. The summed E-state index contributed by atoms with van der Waals surface area (Å²) < 4.78 is 11.3. The molecule has 0 radical (unpaired) electrons. The Balaban J connectivity index is 1.56. The van der Waals surface area contributed by atoms with Crippen LogP contribution in [0.3, 0.4) is 0 Å². The molecule has 0 unspecified atom stereocenters. The molecule has 2 aromatic rings. The molecule has 5 heteroatoms. The van der Waals surface area contributed by atoms with E-state index in [0.29, 0.717) is 24.3 Å². The second kappa shape index (κ2) is 8.02. The summed E-state index contributed by atoms with van der Waals surface area (Å²) >= 11 is 5.27. The smallest absolute Gasteiger partial charge is 0.166 e. The van der Waals surface area contributed by atoms with Gasteiger partial charge in [0.05, 0.1) is 7.11 Å². The molecular formula is C19H22N2O2S. The van der Waals surface area contributed by atoms with Gasteiger partial charge in [0.2, 0.25) is 0 Å². The third kappa shape index (κ3) is 4.86. The molecule has 2 aromatic carbocycles. The first-order valence-corrected chi connectivity index (χ1v) is 8.53. The van der Waals surface area contributed by atoms with Crippen molar-refractivity contribution in [2.45, 2.75) is 32.0 Å². The van der Waals surface area contributed by atoms with Crippen LogP contribution in [0.25, 0.3) is 0 Å². The van der Waals surface area contributed by atoms with E-state index in [1.165, 1.54) is 12.8 Å². The number of ether oxygens (including phenoxy) is 2. The lowest BCUT2D eigenvalue weighted by Gasteiger charge is -2.14. The molecule has 0 heterocycles. The van der Waals surface area contributed by atoms with E-state index in [1.54, 1.807) is 7.11 Å². The molecule has 4 nitrogen and oxygen atoms in total. The van der Waals surface area contributed by atoms with Crippen molar-refractivity contribution in [3.05, 3.63) is 59.7 Å². The highest BCUT2D eigenvalue weighted by Crippen LogP contribution is 2.28. The predicted molar refractivity (Wildman–Crippen MR) is 99.4 cm³/mol. The Morgan fingerprint density at radius 1 is 1.08 bits per heavy atom. The lowest BCUT2D eigenvalue weighted by atomic mass is 10.2. The Morgan fingerprint density at radius 3 is 2.58 bits per heavy atom. The lowest BCUT2D eigenvalue weighted by Crippen LogP contribution is -2.36. The van der Waals surface area contributed by atoms with E-state index in [2.05, 4.69) is 10.6 Å². The highest BCUT2D eigenvalue weighted by molar-refractivity contribution is 7.80. The van der Waals surface area contributed by atoms with E-state index >= 15 is 0 Å². The van der Waals surface area contributed by atoms with Crippen molar-refractivity contribution in [2.75, 3.05) is 7.11 Å². The highest BCUT2D eigenvalue weighted by Gasteiger charge is 2.21. The van der Waals surface area contributed by atoms with Crippen LogP contribution in [-0.4, -0.2) is 18.3 Å². The van der Waals surface area contributed by atoms with Crippen LogP contribution in [0.15, 0.2) is 48.5 Å². The minimum atomic E-state index is 0.518. The van der Waals surface area contributed by atoms with Crippen molar-refractivity contribution in [3.63, 3.8) is 0 Å². The van der Waals surface area contributed by atoms with Gasteiger partial charge in [-0.05, 0) is 48.3 Å². The van der Waals surface area contributed by atoms with Gasteiger partial charge >= 0.3 is 0 Å². The van der Waals surface area contributed by atoms with Gasteiger partial charge < -0.3 is 20.1 Å². The molecule has 0 saturated heterocycles. The van der Waals surface area contributed by atoms with Gasteiger partial charge in [-0.3, -0.25) is 0 Å². The third-order valence-electron chi connectivity index (χ3n) is 3.83. The molecule has 0 atom stereocenters. The summed E-state index contributed by atoms with van der Waals surface area (Å²) in [7, 11) is 1.65. The van der Waals surface area contributed by atoms with Crippen molar-refractivity contribution in [1.29, 1.82) is 0 Å². The Morgan fingerprint density at radius 2 is 1.88 bits per heavy atom. The Hall–Kier alpha value is -2.27. The van der Waals surface area contributed by atoms with Crippen LogP contribution in [0.1, 0.15) is 24.0 Å². The van der Waals surface area contributed by atoms with Gasteiger partial charge in [0.15, 0.2) is 16.6 Å². The molecule has 1 aliphatic rings. The van der Waals surface area contributed by atoms with Gasteiger partial charge in [-0.15, -0.1) is 0 Å². The van der Waals surface area contributed by atoms with Crippen LogP contribution in [0.5, 0.6) is 11.5 Å². The van der Waals surface area contributed by atoms with Crippen LogP contribution in [0.4, 0.5) is 0 Å². The molecule has 0 spiro atoms. The summed E-state index contributed by atoms with van der Waals surface area (Å²) in [4.78, 5) is 0. The molecule has 2 N–H and O–H groups in total. The van der Waals surface area contributed by atoms with E-state index in [1.807, 2.05) is 48.5 Å². The normalized spacial score (nSPS) is 13.2. The predicted octanol–water partition coefficient (Wildman–Crippen LogP) is 3.40. The van der Waals surface area contributed by atoms with Crippen LogP contribution < -0.4 is 20.1 Å². The Labute approximate surface area is 148 Å². The Kier molecular flexibility index (Phi) is 5.54. The molecule has 3 rings (SSSR count). The van der Waals surface area contributed by atoms with Crippen molar-refractivity contribution >= 4 is 17.3 Å². The first-order valence-electron chi connectivity index (χ1n) is 8.12. The maximum atomic E-state index is 5.87. The van der Waals surface area contributed by atoms with Gasteiger partial charge in [0, 0.05) is 12.6 Å². The largest absolute Gasteiger partial charge is 0.493 e.